The van der Waals surface area contributed by atoms with Gasteiger partial charge in [-0.15, -0.1) is 0 Å². The van der Waals surface area contributed by atoms with Crippen LogP contribution in [-0.2, 0) is 0 Å². The van der Waals surface area contributed by atoms with Gasteiger partial charge in [-0.1, -0.05) is 36.4 Å². The molecule has 2 aromatic carbocycles. The van der Waals surface area contributed by atoms with Crippen LogP contribution in [0.25, 0.3) is 12.2 Å². The first-order valence-electron chi connectivity index (χ1n) is 11.8. The van der Waals surface area contributed by atoms with Gasteiger partial charge in [0.25, 0.3) is 0 Å². The van der Waals surface area contributed by atoms with Gasteiger partial charge in [-0.2, -0.15) is 5.26 Å². The number of rotatable bonds is 5. The minimum atomic E-state index is 0.655. The molecule has 1 N–H and O–H groups in total. The lowest BCUT2D eigenvalue weighted by molar-refractivity contribution is 0.646. The Hall–Kier alpha value is -4.44. The highest BCUT2D eigenvalue weighted by molar-refractivity contribution is 6.05. The number of nitrogens with zero attached hydrogens (tertiary/aromatic N) is 6. The van der Waals surface area contributed by atoms with Gasteiger partial charge in [-0.05, 0) is 54.5 Å². The van der Waals surface area contributed by atoms with Crippen LogP contribution >= 0.6 is 0 Å². The van der Waals surface area contributed by atoms with Crippen LogP contribution in [0.3, 0.4) is 0 Å². The van der Waals surface area contributed by atoms with E-state index in [1.54, 1.807) is 0 Å². The quantitative estimate of drug-likeness (QED) is 0.597. The lowest BCUT2D eigenvalue weighted by Crippen LogP contribution is -2.47. The van der Waals surface area contributed by atoms with Crippen LogP contribution in [-0.4, -0.2) is 48.5 Å². The molecule has 0 bridgehead atoms. The maximum Gasteiger partial charge on any atom is 0.156 e. The molecular weight excluding hydrogens is 434 g/mol. The molecule has 2 aliphatic heterocycles. The van der Waals surface area contributed by atoms with E-state index in [-0.39, 0.29) is 0 Å². The SMILES string of the molecule is CC1=CC(Nc2cc(N3CCN(c4ccc(C#N)cc4)CC3)nc(/C=C/c3ccccc3)n2)=NC1. The monoisotopic (exact) mass is 461 g/mol. The summed E-state index contributed by atoms with van der Waals surface area (Å²) in [5, 5.41) is 12.4. The van der Waals surface area contributed by atoms with Gasteiger partial charge < -0.3 is 15.1 Å². The number of nitrogens with one attached hydrogen (secondary N) is 1. The summed E-state index contributed by atoms with van der Waals surface area (Å²) in [6.45, 7) is 6.24. The largest absolute Gasteiger partial charge is 0.368 e. The highest BCUT2D eigenvalue weighted by atomic mass is 15.3. The number of aromatic nitrogens is 2. The van der Waals surface area contributed by atoms with Crippen molar-refractivity contribution in [2.45, 2.75) is 6.92 Å². The number of nitriles is 1. The van der Waals surface area contributed by atoms with Gasteiger partial charge >= 0.3 is 0 Å². The minimum absolute atomic E-state index is 0.655. The molecule has 3 heterocycles. The second kappa shape index (κ2) is 10.2. The molecule has 3 aromatic rings. The molecule has 0 radical (unpaired) electrons. The Labute approximate surface area is 205 Å². The fourth-order valence-electron chi connectivity index (χ4n) is 4.17. The molecule has 0 atom stereocenters. The maximum absolute atomic E-state index is 9.05. The molecule has 0 aliphatic carbocycles. The summed E-state index contributed by atoms with van der Waals surface area (Å²) in [7, 11) is 0. The van der Waals surface area contributed by atoms with Crippen molar-refractivity contribution in [2.75, 3.05) is 47.8 Å². The second-order valence-corrected chi connectivity index (χ2v) is 8.66. The molecule has 7 heteroatoms. The highest BCUT2D eigenvalue weighted by Crippen LogP contribution is 2.23. The summed E-state index contributed by atoms with van der Waals surface area (Å²) >= 11 is 0. The summed E-state index contributed by atoms with van der Waals surface area (Å²) in [6, 6.07) is 22.1. The van der Waals surface area contributed by atoms with E-state index in [1.807, 2.05) is 60.7 Å². The van der Waals surface area contributed by atoms with Crippen molar-refractivity contribution < 1.29 is 0 Å². The number of amidine groups is 1. The molecule has 7 nitrogen and oxygen atoms in total. The van der Waals surface area contributed by atoms with Crippen LogP contribution in [0.5, 0.6) is 0 Å². The molecule has 2 aliphatic rings. The lowest BCUT2D eigenvalue weighted by atomic mass is 10.2. The first-order chi connectivity index (χ1) is 17.2. The van der Waals surface area contributed by atoms with Crippen LogP contribution in [0.4, 0.5) is 17.3 Å². The molecule has 0 unspecified atom stereocenters. The van der Waals surface area contributed by atoms with Crippen molar-refractivity contribution in [3.63, 3.8) is 0 Å². The highest BCUT2D eigenvalue weighted by Gasteiger charge is 2.20. The molecular formula is C28H27N7. The van der Waals surface area contributed by atoms with Gasteiger partial charge in [0.1, 0.15) is 17.5 Å². The Morgan fingerprint density at radius 2 is 1.66 bits per heavy atom. The number of aliphatic imine (C=N–C) groups is 1. The van der Waals surface area contributed by atoms with E-state index in [9.17, 15) is 0 Å². The molecule has 0 saturated carbocycles. The number of hydrogen-bond donors (Lipinski definition) is 1. The van der Waals surface area contributed by atoms with E-state index in [0.29, 0.717) is 11.4 Å². The van der Waals surface area contributed by atoms with E-state index >= 15 is 0 Å². The van der Waals surface area contributed by atoms with Crippen LogP contribution in [0.2, 0.25) is 0 Å². The minimum Gasteiger partial charge on any atom is -0.368 e. The third-order valence-electron chi connectivity index (χ3n) is 6.06. The first kappa shape index (κ1) is 22.4. The maximum atomic E-state index is 9.05. The van der Waals surface area contributed by atoms with Crippen molar-refractivity contribution in [3.05, 3.63) is 89.3 Å². The van der Waals surface area contributed by atoms with E-state index in [1.165, 1.54) is 5.57 Å². The van der Waals surface area contributed by atoms with Crippen LogP contribution in [0.1, 0.15) is 23.9 Å². The fraction of sp³-hybridized carbons (Fsp3) is 0.214. The molecule has 174 valence electrons. The third-order valence-corrected chi connectivity index (χ3v) is 6.06. The number of benzene rings is 2. The Morgan fingerprint density at radius 1 is 0.914 bits per heavy atom. The van der Waals surface area contributed by atoms with Crippen LogP contribution in [0, 0.1) is 11.3 Å². The number of hydrogen-bond acceptors (Lipinski definition) is 7. The number of piperazine rings is 1. The van der Waals surface area contributed by atoms with Gasteiger partial charge in [0.2, 0.25) is 0 Å². The van der Waals surface area contributed by atoms with Crippen LogP contribution < -0.4 is 15.1 Å². The van der Waals surface area contributed by atoms with E-state index < -0.39 is 0 Å². The van der Waals surface area contributed by atoms with Crippen molar-refractivity contribution in [1.82, 2.24) is 9.97 Å². The molecule has 1 saturated heterocycles. The second-order valence-electron chi connectivity index (χ2n) is 8.66. The lowest BCUT2D eigenvalue weighted by Gasteiger charge is -2.36. The summed E-state index contributed by atoms with van der Waals surface area (Å²) in [4.78, 5) is 18.8. The predicted molar refractivity (Wildman–Crippen MR) is 143 cm³/mol. The zero-order valence-corrected chi connectivity index (χ0v) is 19.7. The van der Waals surface area contributed by atoms with Crippen LogP contribution in [0.15, 0.2) is 77.3 Å². The molecule has 35 heavy (non-hydrogen) atoms. The molecule has 0 amide bonds. The van der Waals surface area contributed by atoms with Crippen molar-refractivity contribution >= 4 is 35.3 Å². The Morgan fingerprint density at radius 3 is 2.34 bits per heavy atom. The summed E-state index contributed by atoms with van der Waals surface area (Å²) in [5.74, 6) is 3.12. The fourth-order valence-corrected chi connectivity index (χ4v) is 4.17. The predicted octanol–water partition coefficient (Wildman–Crippen LogP) is 4.62. The zero-order chi connectivity index (χ0) is 24.0. The Kier molecular flexibility index (Phi) is 6.53. The smallest absolute Gasteiger partial charge is 0.156 e. The topological polar surface area (TPSA) is 80.4 Å². The standard InChI is InChI=1S/C28H27N7/c1-21-17-26(30-20-21)32-27-18-28(33-25(31-27)12-9-22-5-3-2-4-6-22)35-15-13-34(14-16-35)24-10-7-23(19-29)8-11-24/h2-12,17-18H,13-16,20H2,1H3,(H,30,31,32,33)/b12-9+. The van der Waals surface area contributed by atoms with E-state index in [2.05, 4.69) is 51.3 Å². The van der Waals surface area contributed by atoms with Gasteiger partial charge in [-0.3, -0.25) is 4.99 Å². The average molecular weight is 462 g/mol. The average Bonchev–Trinajstić information content (AvgIpc) is 3.32. The summed E-state index contributed by atoms with van der Waals surface area (Å²) in [5.41, 5.74) is 4.15. The van der Waals surface area contributed by atoms with Crippen molar-refractivity contribution in [2.24, 2.45) is 4.99 Å². The normalized spacial score (nSPS) is 15.7. The Balaban J connectivity index is 1.35. The third kappa shape index (κ3) is 5.56. The summed E-state index contributed by atoms with van der Waals surface area (Å²) in [6.07, 6.45) is 6.04. The van der Waals surface area contributed by atoms with E-state index in [0.717, 1.165) is 61.4 Å². The molecule has 0 spiro atoms. The van der Waals surface area contributed by atoms with Gasteiger partial charge in [0.15, 0.2) is 5.82 Å². The van der Waals surface area contributed by atoms with Crippen molar-refractivity contribution in [1.29, 1.82) is 5.26 Å². The molecule has 5 rings (SSSR count). The zero-order valence-electron chi connectivity index (χ0n) is 19.7. The Bertz CT molecular complexity index is 1310. The molecule has 1 aromatic heterocycles. The van der Waals surface area contributed by atoms with Crippen molar-refractivity contribution in [3.8, 4) is 6.07 Å². The van der Waals surface area contributed by atoms with E-state index in [4.69, 9.17) is 15.2 Å². The number of anilines is 3. The first-order valence-corrected chi connectivity index (χ1v) is 11.8. The van der Waals surface area contributed by atoms with Gasteiger partial charge in [-0.25, -0.2) is 9.97 Å². The van der Waals surface area contributed by atoms with Gasteiger partial charge in [0.05, 0.1) is 18.2 Å². The van der Waals surface area contributed by atoms with Gasteiger partial charge in [0, 0.05) is 37.9 Å². The molecule has 1 fully saturated rings. The summed E-state index contributed by atoms with van der Waals surface area (Å²) < 4.78 is 0.